The van der Waals surface area contributed by atoms with Crippen LogP contribution in [0, 0.1) is 0 Å². The van der Waals surface area contributed by atoms with Crippen LogP contribution in [-0.4, -0.2) is 35.9 Å². The van der Waals surface area contributed by atoms with Crippen molar-refractivity contribution in [3.8, 4) is 5.75 Å². The van der Waals surface area contributed by atoms with Crippen molar-refractivity contribution in [1.82, 2.24) is 10.2 Å². The molecule has 1 atom stereocenters. The molecule has 0 aromatic heterocycles. The third-order valence-corrected chi connectivity index (χ3v) is 6.83. The first-order valence-corrected chi connectivity index (χ1v) is 12.2. The van der Waals surface area contributed by atoms with Gasteiger partial charge in [-0.1, -0.05) is 66.5 Å². The maximum absolute atomic E-state index is 13.3. The van der Waals surface area contributed by atoms with E-state index >= 15 is 0 Å². The average molecular weight is 552 g/mol. The molecule has 33 heavy (non-hydrogen) atoms. The molecule has 0 radical (unpaired) electrons. The van der Waals surface area contributed by atoms with Crippen molar-refractivity contribution >= 4 is 61.7 Å². The highest BCUT2D eigenvalue weighted by atomic mass is 79.9. The summed E-state index contributed by atoms with van der Waals surface area (Å²) >= 11 is 16.3. The third-order valence-electron chi connectivity index (χ3n) is 5.31. The van der Waals surface area contributed by atoms with E-state index in [-0.39, 0.29) is 25.0 Å². The van der Waals surface area contributed by atoms with Crippen LogP contribution in [-0.2, 0) is 16.1 Å². The summed E-state index contributed by atoms with van der Waals surface area (Å²) < 4.78 is 6.65. The Bertz CT molecular complexity index is 1140. The molecule has 0 bridgehead atoms. The van der Waals surface area contributed by atoms with Crippen molar-refractivity contribution in [3.63, 3.8) is 0 Å². The highest BCUT2D eigenvalue weighted by Gasteiger charge is 2.30. The van der Waals surface area contributed by atoms with Gasteiger partial charge in [-0.05, 0) is 58.2 Å². The lowest BCUT2D eigenvalue weighted by Crippen LogP contribution is -2.50. The second kappa shape index (κ2) is 11.7. The Morgan fingerprint density at radius 3 is 2.39 bits per heavy atom. The predicted molar refractivity (Wildman–Crippen MR) is 137 cm³/mol. The monoisotopic (exact) mass is 550 g/mol. The van der Waals surface area contributed by atoms with Crippen LogP contribution >= 0.6 is 39.1 Å². The number of amides is 2. The number of nitrogens with zero attached hydrogens (tertiary/aromatic N) is 1. The lowest BCUT2D eigenvalue weighted by molar-refractivity contribution is -0.142. The number of carbonyl (C=O) groups is 2. The van der Waals surface area contributed by atoms with Gasteiger partial charge in [0.2, 0.25) is 5.91 Å². The largest absolute Gasteiger partial charge is 0.483 e. The molecule has 1 N–H and O–H groups in total. The molecular formula is C25H25BrCl2N2O3. The molecule has 2 amide bonds. The predicted octanol–water partition coefficient (Wildman–Crippen LogP) is 6.23. The number of likely N-dealkylation sites (N-methyl/N-ethyl adjacent to an activating group) is 1. The lowest BCUT2D eigenvalue weighted by Gasteiger charge is -2.31. The Hall–Kier alpha value is -2.28. The van der Waals surface area contributed by atoms with Crippen LogP contribution in [0.3, 0.4) is 0 Å². The summed E-state index contributed by atoms with van der Waals surface area (Å²) in [5.41, 5.74) is 0.587. The van der Waals surface area contributed by atoms with Crippen LogP contribution in [0.2, 0.25) is 10.0 Å². The Labute approximate surface area is 212 Å². The van der Waals surface area contributed by atoms with Crippen LogP contribution < -0.4 is 10.1 Å². The second-order valence-corrected chi connectivity index (χ2v) is 9.04. The Morgan fingerprint density at radius 2 is 1.73 bits per heavy atom. The minimum atomic E-state index is -0.687. The summed E-state index contributed by atoms with van der Waals surface area (Å²) in [6.45, 7) is 4.01. The van der Waals surface area contributed by atoms with Crippen molar-refractivity contribution in [2.45, 2.75) is 32.9 Å². The smallest absolute Gasteiger partial charge is 0.261 e. The van der Waals surface area contributed by atoms with Gasteiger partial charge in [0.25, 0.3) is 5.91 Å². The molecule has 3 rings (SSSR count). The molecular weight excluding hydrogens is 527 g/mol. The summed E-state index contributed by atoms with van der Waals surface area (Å²) in [5, 5.41) is 5.71. The molecule has 0 aliphatic heterocycles. The molecule has 174 valence electrons. The minimum Gasteiger partial charge on any atom is -0.483 e. The lowest BCUT2D eigenvalue weighted by atomic mass is 10.1. The number of ether oxygens (including phenoxy) is 1. The number of nitrogens with one attached hydrogen (secondary N) is 1. The Kier molecular flexibility index (Phi) is 9.01. The summed E-state index contributed by atoms with van der Waals surface area (Å²) in [7, 11) is 0. The van der Waals surface area contributed by atoms with Gasteiger partial charge in [0.1, 0.15) is 11.8 Å². The van der Waals surface area contributed by atoms with Crippen LogP contribution in [0.15, 0.2) is 59.1 Å². The fourth-order valence-corrected chi connectivity index (χ4v) is 4.74. The van der Waals surface area contributed by atoms with E-state index in [1.807, 2.05) is 50.2 Å². The number of benzene rings is 3. The fourth-order valence-electron chi connectivity index (χ4n) is 3.61. The molecule has 5 nitrogen and oxygen atoms in total. The first-order valence-electron chi connectivity index (χ1n) is 10.7. The van der Waals surface area contributed by atoms with Crippen LogP contribution in [0.5, 0.6) is 5.75 Å². The number of hydrogen-bond acceptors (Lipinski definition) is 3. The number of carbonyl (C=O) groups excluding carboxylic acids is 2. The highest BCUT2D eigenvalue weighted by molar-refractivity contribution is 9.10. The van der Waals surface area contributed by atoms with E-state index in [4.69, 9.17) is 27.9 Å². The van der Waals surface area contributed by atoms with Gasteiger partial charge in [0.05, 0.1) is 4.47 Å². The minimum absolute atomic E-state index is 0.0925. The Morgan fingerprint density at radius 1 is 1.03 bits per heavy atom. The van der Waals surface area contributed by atoms with Crippen molar-refractivity contribution < 1.29 is 14.3 Å². The fraction of sp³-hybridized carbons (Fsp3) is 0.280. The molecule has 0 unspecified atom stereocenters. The topological polar surface area (TPSA) is 58.6 Å². The van der Waals surface area contributed by atoms with Gasteiger partial charge in [0, 0.05) is 28.7 Å². The molecule has 0 fully saturated rings. The molecule has 0 spiro atoms. The molecule has 0 saturated carbocycles. The molecule has 3 aromatic carbocycles. The number of rotatable bonds is 9. The third kappa shape index (κ3) is 5.99. The summed E-state index contributed by atoms with van der Waals surface area (Å²) in [6, 6.07) is 16.1. The quantitative estimate of drug-likeness (QED) is 0.343. The highest BCUT2D eigenvalue weighted by Crippen LogP contribution is 2.33. The summed E-state index contributed by atoms with van der Waals surface area (Å²) in [6.07, 6.45) is 0.430. The van der Waals surface area contributed by atoms with Gasteiger partial charge in [0.15, 0.2) is 6.61 Å². The second-order valence-electron chi connectivity index (χ2n) is 7.43. The van der Waals surface area contributed by atoms with Gasteiger partial charge in [-0.25, -0.2) is 0 Å². The van der Waals surface area contributed by atoms with Crippen molar-refractivity contribution in [2.24, 2.45) is 0 Å². The normalized spacial score (nSPS) is 11.8. The molecule has 0 aliphatic carbocycles. The van der Waals surface area contributed by atoms with E-state index < -0.39 is 6.04 Å². The zero-order chi connectivity index (χ0) is 24.0. The van der Waals surface area contributed by atoms with E-state index in [9.17, 15) is 9.59 Å². The zero-order valence-corrected chi connectivity index (χ0v) is 21.5. The SMILES string of the molecule is CCNC(=O)[C@@H](CC)N(Cc1c(Cl)cccc1Cl)C(=O)COc1ccc2ccccc2c1Br. The van der Waals surface area contributed by atoms with Gasteiger partial charge >= 0.3 is 0 Å². The van der Waals surface area contributed by atoms with Gasteiger partial charge in [-0.3, -0.25) is 9.59 Å². The van der Waals surface area contributed by atoms with Crippen LogP contribution in [0.4, 0.5) is 0 Å². The van der Waals surface area contributed by atoms with Crippen molar-refractivity contribution in [2.75, 3.05) is 13.2 Å². The van der Waals surface area contributed by atoms with Gasteiger partial charge in [-0.2, -0.15) is 0 Å². The van der Waals surface area contributed by atoms with Crippen molar-refractivity contribution in [3.05, 3.63) is 74.7 Å². The maximum atomic E-state index is 13.3. The van der Waals surface area contributed by atoms with Gasteiger partial charge in [-0.15, -0.1) is 0 Å². The summed E-state index contributed by atoms with van der Waals surface area (Å²) in [4.78, 5) is 27.6. The van der Waals surface area contributed by atoms with Crippen LogP contribution in [0.1, 0.15) is 25.8 Å². The molecule has 3 aromatic rings. The molecule has 0 heterocycles. The number of halogens is 3. The van der Waals surface area contributed by atoms with E-state index in [0.29, 0.717) is 34.3 Å². The Balaban J connectivity index is 1.87. The standard InChI is InChI=1S/C25H25BrCl2N2O3/c1-3-21(25(32)29-4-2)30(14-18-19(27)10-7-11-20(18)28)23(31)15-33-22-13-12-16-8-5-6-9-17(16)24(22)26/h5-13,21H,3-4,14-15H2,1-2H3,(H,29,32)/t21-/m1/s1. The van der Waals surface area contributed by atoms with Crippen LogP contribution in [0.25, 0.3) is 10.8 Å². The van der Waals surface area contributed by atoms with E-state index in [2.05, 4.69) is 21.2 Å². The maximum Gasteiger partial charge on any atom is 0.261 e. The first kappa shape index (κ1) is 25.3. The van der Waals surface area contributed by atoms with E-state index in [0.717, 1.165) is 15.2 Å². The summed E-state index contributed by atoms with van der Waals surface area (Å²) in [5.74, 6) is -0.0311. The van der Waals surface area contributed by atoms with Gasteiger partial charge < -0.3 is 15.0 Å². The molecule has 8 heteroatoms. The molecule has 0 aliphatic rings. The average Bonchev–Trinajstić information content (AvgIpc) is 2.80. The number of hydrogen-bond donors (Lipinski definition) is 1. The van der Waals surface area contributed by atoms with E-state index in [1.54, 1.807) is 18.2 Å². The first-order chi connectivity index (χ1) is 15.9. The van der Waals surface area contributed by atoms with E-state index in [1.165, 1.54) is 4.90 Å². The number of fused-ring (bicyclic) bond motifs is 1. The van der Waals surface area contributed by atoms with Crippen molar-refractivity contribution in [1.29, 1.82) is 0 Å². The molecule has 0 saturated heterocycles. The zero-order valence-electron chi connectivity index (χ0n) is 18.4.